The standard InChI is InChI=1S/C15H23Cl2NO2S/c1-3-9-18-15(6-5-10-21(19,20)4-2)12-7-8-13(16)14(17)11-12/h7-8,11,15,18H,3-6,9-10H2,1-2H3. The molecule has 0 spiro atoms. The van der Waals surface area contributed by atoms with Crippen LogP contribution < -0.4 is 5.32 Å². The van der Waals surface area contributed by atoms with Crippen molar-refractivity contribution in [2.24, 2.45) is 0 Å². The predicted octanol–water partition coefficient (Wildman–Crippen LogP) is 4.25. The third kappa shape index (κ3) is 6.55. The molecule has 0 saturated heterocycles. The van der Waals surface area contributed by atoms with Gasteiger partial charge in [-0.1, -0.05) is 43.1 Å². The molecule has 0 saturated carbocycles. The molecular formula is C15H23Cl2NO2S. The first-order valence-corrected chi connectivity index (χ1v) is 9.86. The molecular weight excluding hydrogens is 329 g/mol. The third-order valence-corrected chi connectivity index (χ3v) is 5.90. The van der Waals surface area contributed by atoms with Gasteiger partial charge in [0.2, 0.25) is 0 Å². The average Bonchev–Trinajstić information content (AvgIpc) is 2.45. The zero-order chi connectivity index (χ0) is 15.9. The monoisotopic (exact) mass is 351 g/mol. The molecule has 3 nitrogen and oxygen atoms in total. The summed E-state index contributed by atoms with van der Waals surface area (Å²) < 4.78 is 23.1. The van der Waals surface area contributed by atoms with Gasteiger partial charge in [-0.25, -0.2) is 8.42 Å². The Morgan fingerprint density at radius 2 is 1.90 bits per heavy atom. The Labute approximate surface area is 137 Å². The van der Waals surface area contributed by atoms with Crippen molar-refractivity contribution in [3.05, 3.63) is 33.8 Å². The number of rotatable bonds is 9. The molecule has 0 radical (unpaired) electrons. The van der Waals surface area contributed by atoms with E-state index in [1.165, 1.54) is 0 Å². The van der Waals surface area contributed by atoms with Crippen molar-refractivity contribution in [1.29, 1.82) is 0 Å². The minimum Gasteiger partial charge on any atom is -0.310 e. The topological polar surface area (TPSA) is 46.2 Å². The minimum absolute atomic E-state index is 0.103. The molecule has 1 unspecified atom stereocenters. The highest BCUT2D eigenvalue weighted by Gasteiger charge is 2.14. The predicted molar refractivity (Wildman–Crippen MR) is 91.1 cm³/mol. The molecule has 1 N–H and O–H groups in total. The van der Waals surface area contributed by atoms with Crippen LogP contribution in [0.4, 0.5) is 0 Å². The number of nitrogens with one attached hydrogen (secondary N) is 1. The van der Waals surface area contributed by atoms with Crippen molar-refractivity contribution in [1.82, 2.24) is 5.32 Å². The van der Waals surface area contributed by atoms with E-state index in [1.807, 2.05) is 12.1 Å². The lowest BCUT2D eigenvalue weighted by Gasteiger charge is -2.19. The van der Waals surface area contributed by atoms with Crippen molar-refractivity contribution in [3.8, 4) is 0 Å². The first kappa shape index (κ1) is 18.8. The van der Waals surface area contributed by atoms with Gasteiger partial charge in [0.1, 0.15) is 9.84 Å². The molecule has 0 bridgehead atoms. The van der Waals surface area contributed by atoms with Crippen molar-refractivity contribution >= 4 is 33.0 Å². The van der Waals surface area contributed by atoms with Gasteiger partial charge in [0.25, 0.3) is 0 Å². The molecule has 0 aliphatic heterocycles. The molecule has 120 valence electrons. The van der Waals surface area contributed by atoms with Gasteiger partial charge in [-0.2, -0.15) is 0 Å². The smallest absolute Gasteiger partial charge is 0.150 e. The van der Waals surface area contributed by atoms with E-state index < -0.39 is 9.84 Å². The second-order valence-corrected chi connectivity index (χ2v) is 8.35. The van der Waals surface area contributed by atoms with Crippen LogP contribution >= 0.6 is 23.2 Å². The Morgan fingerprint density at radius 1 is 1.19 bits per heavy atom. The fourth-order valence-corrected chi connectivity index (χ4v) is 3.29. The lowest BCUT2D eigenvalue weighted by Crippen LogP contribution is -2.23. The van der Waals surface area contributed by atoms with Gasteiger partial charge in [0.15, 0.2) is 0 Å². The Morgan fingerprint density at radius 3 is 2.48 bits per heavy atom. The summed E-state index contributed by atoms with van der Waals surface area (Å²) in [5.74, 6) is 0.432. The van der Waals surface area contributed by atoms with Gasteiger partial charge >= 0.3 is 0 Å². The van der Waals surface area contributed by atoms with Crippen molar-refractivity contribution in [2.45, 2.75) is 39.2 Å². The maximum absolute atomic E-state index is 11.6. The Balaban J connectivity index is 2.73. The van der Waals surface area contributed by atoms with E-state index in [9.17, 15) is 8.42 Å². The van der Waals surface area contributed by atoms with Gasteiger partial charge in [-0.05, 0) is 43.5 Å². The highest BCUT2D eigenvalue weighted by molar-refractivity contribution is 7.91. The first-order chi connectivity index (χ1) is 9.89. The fourth-order valence-electron chi connectivity index (χ4n) is 2.09. The van der Waals surface area contributed by atoms with Crippen LogP contribution in [0.3, 0.4) is 0 Å². The first-order valence-electron chi connectivity index (χ1n) is 7.28. The Bertz CT molecular complexity index is 547. The summed E-state index contributed by atoms with van der Waals surface area (Å²) in [6.45, 7) is 4.66. The summed E-state index contributed by atoms with van der Waals surface area (Å²) in [5, 5.41) is 4.50. The number of hydrogen-bond acceptors (Lipinski definition) is 3. The molecule has 21 heavy (non-hydrogen) atoms. The van der Waals surface area contributed by atoms with Crippen molar-refractivity contribution in [3.63, 3.8) is 0 Å². The van der Waals surface area contributed by atoms with Gasteiger partial charge in [-0.3, -0.25) is 0 Å². The van der Waals surface area contributed by atoms with E-state index in [4.69, 9.17) is 23.2 Å². The van der Waals surface area contributed by atoms with Gasteiger partial charge in [0, 0.05) is 11.8 Å². The van der Waals surface area contributed by atoms with E-state index in [2.05, 4.69) is 12.2 Å². The Hall–Kier alpha value is -0.290. The van der Waals surface area contributed by atoms with Crippen molar-refractivity contribution in [2.75, 3.05) is 18.1 Å². The van der Waals surface area contributed by atoms with Crippen LogP contribution in [0.2, 0.25) is 10.0 Å². The summed E-state index contributed by atoms with van der Waals surface area (Å²) in [6, 6.07) is 5.68. The number of hydrogen-bond donors (Lipinski definition) is 1. The molecule has 0 aromatic heterocycles. The maximum Gasteiger partial charge on any atom is 0.150 e. The largest absolute Gasteiger partial charge is 0.310 e. The second-order valence-electron chi connectivity index (χ2n) is 5.06. The van der Waals surface area contributed by atoms with E-state index in [0.717, 1.165) is 24.9 Å². The molecule has 0 amide bonds. The van der Waals surface area contributed by atoms with Crippen LogP contribution in [0.25, 0.3) is 0 Å². The molecule has 1 atom stereocenters. The summed E-state index contributed by atoms with van der Waals surface area (Å²) in [7, 11) is -2.91. The number of halogens is 2. The summed E-state index contributed by atoms with van der Waals surface area (Å²) in [6.07, 6.45) is 2.42. The van der Waals surface area contributed by atoms with E-state index in [0.29, 0.717) is 16.5 Å². The highest BCUT2D eigenvalue weighted by Crippen LogP contribution is 2.27. The highest BCUT2D eigenvalue weighted by atomic mass is 35.5. The van der Waals surface area contributed by atoms with Gasteiger partial charge < -0.3 is 5.32 Å². The zero-order valence-electron chi connectivity index (χ0n) is 12.5. The molecule has 1 rings (SSSR count). The van der Waals surface area contributed by atoms with Crippen LogP contribution in [0.15, 0.2) is 18.2 Å². The molecule has 0 fully saturated rings. The summed E-state index contributed by atoms with van der Waals surface area (Å²) >= 11 is 12.0. The van der Waals surface area contributed by atoms with Crippen LogP contribution in [0, 0.1) is 0 Å². The molecule has 1 aromatic rings. The summed E-state index contributed by atoms with van der Waals surface area (Å²) in [5.41, 5.74) is 1.05. The number of benzene rings is 1. The van der Waals surface area contributed by atoms with Crippen molar-refractivity contribution < 1.29 is 8.42 Å². The third-order valence-electron chi connectivity index (χ3n) is 3.37. The van der Waals surface area contributed by atoms with Crippen LogP contribution in [-0.4, -0.2) is 26.5 Å². The van der Waals surface area contributed by atoms with Crippen LogP contribution in [0.5, 0.6) is 0 Å². The minimum atomic E-state index is -2.91. The van der Waals surface area contributed by atoms with E-state index in [-0.39, 0.29) is 17.5 Å². The molecule has 6 heteroatoms. The molecule has 0 aliphatic rings. The molecule has 0 aliphatic carbocycles. The normalized spacial score (nSPS) is 13.3. The van der Waals surface area contributed by atoms with Crippen LogP contribution in [0.1, 0.15) is 44.7 Å². The second kappa shape index (κ2) is 8.99. The fraction of sp³-hybridized carbons (Fsp3) is 0.600. The van der Waals surface area contributed by atoms with E-state index >= 15 is 0 Å². The van der Waals surface area contributed by atoms with Gasteiger partial charge in [-0.15, -0.1) is 0 Å². The van der Waals surface area contributed by atoms with Crippen LogP contribution in [-0.2, 0) is 9.84 Å². The maximum atomic E-state index is 11.6. The summed E-state index contributed by atoms with van der Waals surface area (Å²) in [4.78, 5) is 0. The molecule has 0 heterocycles. The quantitative estimate of drug-likeness (QED) is 0.723. The lowest BCUT2D eigenvalue weighted by molar-refractivity contribution is 0.492. The SMILES string of the molecule is CCCNC(CCCS(=O)(=O)CC)c1ccc(Cl)c(Cl)c1. The van der Waals surface area contributed by atoms with Gasteiger partial charge in [0.05, 0.1) is 15.8 Å². The average molecular weight is 352 g/mol. The molecule has 1 aromatic carbocycles. The zero-order valence-corrected chi connectivity index (χ0v) is 14.9. The Kier molecular flexibility index (Phi) is 8.03. The lowest BCUT2D eigenvalue weighted by atomic mass is 10.0. The number of sulfone groups is 1. The van der Waals surface area contributed by atoms with E-state index in [1.54, 1.807) is 13.0 Å².